The molecule has 0 aromatic heterocycles. The summed E-state index contributed by atoms with van der Waals surface area (Å²) in [6, 6.07) is 11.6. The highest BCUT2D eigenvalue weighted by molar-refractivity contribution is 5.94. The highest BCUT2D eigenvalue weighted by atomic mass is 16.6. The molecule has 120 valence electrons. The van der Waals surface area contributed by atoms with Gasteiger partial charge in [-0.2, -0.15) is 0 Å². The second-order valence-electron chi connectivity index (χ2n) is 5.03. The van der Waals surface area contributed by atoms with E-state index in [0.717, 1.165) is 11.3 Å². The van der Waals surface area contributed by atoms with Crippen LogP contribution in [0.1, 0.15) is 15.9 Å². The molecule has 2 aromatic rings. The number of hydrogen-bond acceptors (Lipinski definition) is 5. The molecule has 0 heterocycles. The van der Waals surface area contributed by atoms with Crippen LogP contribution < -0.4 is 15.4 Å². The number of anilines is 1. The molecule has 0 saturated carbocycles. The maximum Gasteiger partial charge on any atom is 0.293 e. The zero-order chi connectivity index (χ0) is 17.0. The molecule has 2 N–H and O–H groups in total. The number of carbonyl (C=O) groups excluding carboxylic acids is 1. The van der Waals surface area contributed by atoms with E-state index in [1.165, 1.54) is 18.2 Å². The van der Waals surface area contributed by atoms with E-state index >= 15 is 0 Å². The fourth-order valence-corrected chi connectivity index (χ4v) is 2.28. The standard InChI is InChI=1S/C16H17N3O4/c1-18(10-11-4-3-5-13(8-11)23-2)14-7-6-12(16(17)20)9-15(14)19(21)22/h3-9H,10H2,1-2H3,(H2,17,20). The van der Waals surface area contributed by atoms with E-state index in [1.807, 2.05) is 24.3 Å². The van der Waals surface area contributed by atoms with Crippen molar-refractivity contribution < 1.29 is 14.5 Å². The number of nitrogens with zero attached hydrogens (tertiary/aromatic N) is 2. The summed E-state index contributed by atoms with van der Waals surface area (Å²) in [7, 11) is 3.32. The number of primary amides is 1. The van der Waals surface area contributed by atoms with Crippen molar-refractivity contribution in [1.29, 1.82) is 0 Å². The van der Waals surface area contributed by atoms with Crippen LogP contribution in [0.3, 0.4) is 0 Å². The second-order valence-corrected chi connectivity index (χ2v) is 5.03. The first kappa shape index (κ1) is 16.3. The number of ether oxygens (including phenoxy) is 1. The lowest BCUT2D eigenvalue weighted by Crippen LogP contribution is -2.19. The van der Waals surface area contributed by atoms with Crippen molar-refractivity contribution in [1.82, 2.24) is 0 Å². The van der Waals surface area contributed by atoms with Crippen molar-refractivity contribution in [3.05, 3.63) is 63.7 Å². The van der Waals surface area contributed by atoms with Crippen LogP contribution in [0, 0.1) is 10.1 Å². The number of methoxy groups -OCH3 is 1. The topological polar surface area (TPSA) is 98.7 Å². The van der Waals surface area contributed by atoms with Crippen LogP contribution in [-0.2, 0) is 6.54 Å². The average molecular weight is 315 g/mol. The SMILES string of the molecule is COc1cccc(CN(C)c2ccc(C(N)=O)cc2[N+](=O)[O-])c1. The lowest BCUT2D eigenvalue weighted by molar-refractivity contribution is -0.384. The fourth-order valence-electron chi connectivity index (χ4n) is 2.28. The Balaban J connectivity index is 2.32. The number of nitro groups is 1. The second kappa shape index (κ2) is 6.78. The van der Waals surface area contributed by atoms with Crippen LogP contribution >= 0.6 is 0 Å². The molecule has 0 spiro atoms. The van der Waals surface area contributed by atoms with Crippen LogP contribution in [0.4, 0.5) is 11.4 Å². The summed E-state index contributed by atoms with van der Waals surface area (Å²) < 4.78 is 5.17. The molecule has 0 aliphatic heterocycles. The first-order valence-corrected chi connectivity index (χ1v) is 6.84. The molecule has 0 radical (unpaired) electrons. The van der Waals surface area contributed by atoms with E-state index in [0.29, 0.717) is 12.2 Å². The number of hydrogen-bond donors (Lipinski definition) is 1. The number of amides is 1. The molecule has 7 nitrogen and oxygen atoms in total. The summed E-state index contributed by atoms with van der Waals surface area (Å²) >= 11 is 0. The van der Waals surface area contributed by atoms with Gasteiger partial charge in [0, 0.05) is 25.2 Å². The summed E-state index contributed by atoms with van der Waals surface area (Å²) in [5.41, 5.74) is 6.47. The van der Waals surface area contributed by atoms with Crippen molar-refractivity contribution in [3.63, 3.8) is 0 Å². The predicted molar refractivity (Wildman–Crippen MR) is 86.7 cm³/mol. The molecule has 23 heavy (non-hydrogen) atoms. The fraction of sp³-hybridized carbons (Fsp3) is 0.188. The summed E-state index contributed by atoms with van der Waals surface area (Å²) in [6.45, 7) is 0.452. The number of carbonyl (C=O) groups is 1. The van der Waals surface area contributed by atoms with Gasteiger partial charge in [-0.1, -0.05) is 12.1 Å². The van der Waals surface area contributed by atoms with Crippen LogP contribution in [0.25, 0.3) is 0 Å². The Hall–Kier alpha value is -3.09. The van der Waals surface area contributed by atoms with E-state index in [4.69, 9.17) is 10.5 Å². The minimum Gasteiger partial charge on any atom is -0.497 e. The van der Waals surface area contributed by atoms with Gasteiger partial charge in [-0.05, 0) is 29.8 Å². The molecule has 2 rings (SSSR count). The van der Waals surface area contributed by atoms with Gasteiger partial charge in [0.1, 0.15) is 11.4 Å². The molecule has 1 amide bonds. The Bertz CT molecular complexity index is 746. The van der Waals surface area contributed by atoms with E-state index in [1.54, 1.807) is 19.1 Å². The largest absolute Gasteiger partial charge is 0.497 e. The van der Waals surface area contributed by atoms with Gasteiger partial charge in [0.25, 0.3) is 5.69 Å². The molecular formula is C16H17N3O4. The van der Waals surface area contributed by atoms with Crippen LogP contribution in [0.15, 0.2) is 42.5 Å². The summed E-state index contributed by atoms with van der Waals surface area (Å²) in [5, 5.41) is 11.3. The van der Waals surface area contributed by atoms with E-state index in [2.05, 4.69) is 0 Å². The number of nitrogens with two attached hydrogens (primary N) is 1. The third-order valence-corrected chi connectivity index (χ3v) is 3.42. The van der Waals surface area contributed by atoms with Gasteiger partial charge < -0.3 is 15.4 Å². The molecular weight excluding hydrogens is 298 g/mol. The van der Waals surface area contributed by atoms with Crippen molar-refractivity contribution in [2.45, 2.75) is 6.54 Å². The first-order valence-electron chi connectivity index (χ1n) is 6.84. The molecule has 0 saturated heterocycles. The minimum absolute atomic E-state index is 0.107. The van der Waals surface area contributed by atoms with Crippen LogP contribution in [0.2, 0.25) is 0 Å². The molecule has 0 aliphatic carbocycles. The van der Waals surface area contributed by atoms with E-state index in [9.17, 15) is 14.9 Å². The van der Waals surface area contributed by atoms with Crippen molar-refractivity contribution in [3.8, 4) is 5.75 Å². The summed E-state index contributed by atoms with van der Waals surface area (Å²) in [5.74, 6) is 0.0181. The number of nitro benzene ring substituents is 1. The Morgan fingerprint density at radius 2 is 2.04 bits per heavy atom. The van der Waals surface area contributed by atoms with Gasteiger partial charge in [-0.25, -0.2) is 0 Å². The molecule has 0 atom stereocenters. The highest BCUT2D eigenvalue weighted by Crippen LogP contribution is 2.29. The van der Waals surface area contributed by atoms with Crippen LogP contribution in [-0.4, -0.2) is 25.0 Å². The maximum absolute atomic E-state index is 11.3. The molecule has 0 aliphatic rings. The Morgan fingerprint density at radius 3 is 2.65 bits per heavy atom. The van der Waals surface area contributed by atoms with Crippen LogP contribution in [0.5, 0.6) is 5.75 Å². The molecule has 2 aromatic carbocycles. The zero-order valence-corrected chi connectivity index (χ0v) is 12.9. The van der Waals surface area contributed by atoms with Crippen molar-refractivity contribution in [2.24, 2.45) is 5.73 Å². The van der Waals surface area contributed by atoms with Gasteiger partial charge >= 0.3 is 0 Å². The Kier molecular flexibility index (Phi) is 4.80. The Labute approximate surface area is 133 Å². The Morgan fingerprint density at radius 1 is 1.30 bits per heavy atom. The third-order valence-electron chi connectivity index (χ3n) is 3.42. The van der Waals surface area contributed by atoms with E-state index < -0.39 is 10.8 Å². The normalized spacial score (nSPS) is 10.2. The molecule has 0 unspecified atom stereocenters. The average Bonchev–Trinajstić information content (AvgIpc) is 2.54. The quantitative estimate of drug-likeness (QED) is 0.651. The molecule has 0 bridgehead atoms. The molecule has 0 fully saturated rings. The smallest absolute Gasteiger partial charge is 0.293 e. The van der Waals surface area contributed by atoms with Gasteiger partial charge in [-0.3, -0.25) is 14.9 Å². The van der Waals surface area contributed by atoms with Gasteiger partial charge in [0.05, 0.1) is 12.0 Å². The first-order chi connectivity index (χ1) is 10.9. The monoisotopic (exact) mass is 315 g/mol. The number of benzene rings is 2. The minimum atomic E-state index is -0.699. The highest BCUT2D eigenvalue weighted by Gasteiger charge is 2.19. The lowest BCUT2D eigenvalue weighted by atomic mass is 10.1. The van der Waals surface area contributed by atoms with Gasteiger partial charge in [0.2, 0.25) is 5.91 Å². The summed E-state index contributed by atoms with van der Waals surface area (Å²) in [4.78, 5) is 23.7. The third kappa shape index (κ3) is 3.76. The maximum atomic E-state index is 11.3. The van der Waals surface area contributed by atoms with Gasteiger partial charge in [0.15, 0.2) is 0 Å². The van der Waals surface area contributed by atoms with Gasteiger partial charge in [-0.15, -0.1) is 0 Å². The lowest BCUT2D eigenvalue weighted by Gasteiger charge is -2.20. The van der Waals surface area contributed by atoms with Crippen molar-refractivity contribution in [2.75, 3.05) is 19.1 Å². The zero-order valence-electron chi connectivity index (χ0n) is 12.9. The van der Waals surface area contributed by atoms with E-state index in [-0.39, 0.29) is 11.3 Å². The molecule has 7 heteroatoms. The predicted octanol–water partition coefficient (Wildman–Crippen LogP) is 2.34. The summed E-state index contributed by atoms with van der Waals surface area (Å²) in [6.07, 6.45) is 0. The van der Waals surface area contributed by atoms with Crippen molar-refractivity contribution >= 4 is 17.3 Å². The number of rotatable bonds is 6.